The van der Waals surface area contributed by atoms with Gasteiger partial charge in [-0.25, -0.2) is 4.39 Å². The van der Waals surface area contributed by atoms with Crippen molar-refractivity contribution in [3.63, 3.8) is 0 Å². The molecular formula is C28H32ClFN2O3S. The van der Waals surface area contributed by atoms with Gasteiger partial charge < -0.3 is 14.7 Å². The number of carboxylic acid groups (broad SMARTS) is 1. The second-order valence-corrected chi connectivity index (χ2v) is 10.8. The van der Waals surface area contributed by atoms with Crippen molar-refractivity contribution in [3.8, 4) is 5.75 Å². The Kier molecular flexibility index (Phi) is 9.46. The highest BCUT2D eigenvalue weighted by molar-refractivity contribution is 7.99. The number of halogens is 2. The number of likely N-dealkylation sites (tertiary alicyclic amines) is 1. The van der Waals surface area contributed by atoms with Gasteiger partial charge in [-0.3, -0.25) is 9.78 Å². The Morgan fingerprint density at radius 2 is 2.14 bits per heavy atom. The van der Waals surface area contributed by atoms with E-state index in [1.54, 1.807) is 31.1 Å². The summed E-state index contributed by atoms with van der Waals surface area (Å²) < 4.78 is 20.7. The number of piperidine rings is 1. The number of aromatic nitrogens is 1. The lowest BCUT2D eigenvalue weighted by atomic mass is 9.81. The third-order valence-electron chi connectivity index (χ3n) is 6.98. The molecule has 3 aromatic rings. The van der Waals surface area contributed by atoms with E-state index in [2.05, 4.69) is 9.88 Å². The lowest BCUT2D eigenvalue weighted by Crippen LogP contribution is -2.44. The maximum Gasteiger partial charge on any atom is 0.308 e. The smallest absolute Gasteiger partial charge is 0.308 e. The number of hydrogen-bond donors (Lipinski definition) is 1. The summed E-state index contributed by atoms with van der Waals surface area (Å²) in [6.07, 6.45) is 3.00. The molecule has 192 valence electrons. The van der Waals surface area contributed by atoms with Crippen LogP contribution in [-0.2, 0) is 4.79 Å². The third-order valence-corrected chi connectivity index (χ3v) is 8.58. The largest absolute Gasteiger partial charge is 0.497 e. The molecule has 1 fully saturated rings. The van der Waals surface area contributed by atoms with Crippen LogP contribution in [0.3, 0.4) is 0 Å². The molecule has 0 amide bonds. The summed E-state index contributed by atoms with van der Waals surface area (Å²) in [6, 6.07) is 15.0. The van der Waals surface area contributed by atoms with E-state index in [1.165, 1.54) is 0 Å². The van der Waals surface area contributed by atoms with Crippen molar-refractivity contribution < 1.29 is 19.0 Å². The molecule has 1 aliphatic rings. The number of thioether (sulfide) groups is 1. The van der Waals surface area contributed by atoms with Gasteiger partial charge in [0.05, 0.1) is 23.6 Å². The molecule has 5 nitrogen and oxygen atoms in total. The van der Waals surface area contributed by atoms with Crippen molar-refractivity contribution >= 4 is 40.2 Å². The Hall–Kier alpha value is -2.35. The van der Waals surface area contributed by atoms with Gasteiger partial charge in [0.1, 0.15) is 11.9 Å². The number of alkyl halides is 1. The van der Waals surface area contributed by atoms with Gasteiger partial charge >= 0.3 is 5.97 Å². The molecule has 1 aliphatic heterocycles. The summed E-state index contributed by atoms with van der Waals surface area (Å²) in [7, 11) is 1.58. The monoisotopic (exact) mass is 530 g/mol. The number of pyridine rings is 1. The van der Waals surface area contributed by atoms with E-state index < -0.39 is 18.1 Å². The summed E-state index contributed by atoms with van der Waals surface area (Å²) in [4.78, 5) is 19.7. The fraction of sp³-hybridized carbons (Fsp3) is 0.429. The molecule has 2 heterocycles. The molecule has 0 bridgehead atoms. The fourth-order valence-corrected chi connectivity index (χ4v) is 6.16. The molecule has 1 saturated heterocycles. The first-order valence-corrected chi connectivity index (χ1v) is 13.7. The van der Waals surface area contributed by atoms with Gasteiger partial charge in [0, 0.05) is 23.0 Å². The number of fused-ring (bicyclic) bond motifs is 1. The SMILES string of the molecule is COc1ccc2nccc([C@@H](F)CC[C@@H]3CCN(CCCSc4ccccc4Cl)C[C@@H]3C(=O)O)c2c1. The Labute approximate surface area is 221 Å². The average Bonchev–Trinajstić information content (AvgIpc) is 2.90. The van der Waals surface area contributed by atoms with Crippen LogP contribution >= 0.6 is 23.4 Å². The van der Waals surface area contributed by atoms with E-state index in [9.17, 15) is 9.90 Å². The minimum Gasteiger partial charge on any atom is -0.497 e. The highest BCUT2D eigenvalue weighted by Crippen LogP contribution is 2.35. The predicted molar refractivity (Wildman–Crippen MR) is 144 cm³/mol. The van der Waals surface area contributed by atoms with Crippen LogP contribution in [0.25, 0.3) is 10.9 Å². The van der Waals surface area contributed by atoms with Crippen LogP contribution in [0.2, 0.25) is 5.02 Å². The van der Waals surface area contributed by atoms with Crippen LogP contribution in [0.1, 0.15) is 37.4 Å². The van der Waals surface area contributed by atoms with E-state index in [-0.39, 0.29) is 5.92 Å². The maximum absolute atomic E-state index is 15.4. The van der Waals surface area contributed by atoms with E-state index in [0.29, 0.717) is 30.7 Å². The molecule has 0 unspecified atom stereocenters. The average molecular weight is 531 g/mol. The zero-order chi connectivity index (χ0) is 25.5. The number of nitrogens with zero attached hydrogens (tertiary/aromatic N) is 2. The van der Waals surface area contributed by atoms with Gasteiger partial charge in [-0.1, -0.05) is 23.7 Å². The molecule has 0 radical (unpaired) electrons. The van der Waals surface area contributed by atoms with Crippen LogP contribution in [0, 0.1) is 11.8 Å². The van der Waals surface area contributed by atoms with Crippen LogP contribution in [0.4, 0.5) is 4.39 Å². The van der Waals surface area contributed by atoms with Crippen molar-refractivity contribution in [3.05, 3.63) is 65.3 Å². The van der Waals surface area contributed by atoms with E-state index in [4.69, 9.17) is 16.3 Å². The van der Waals surface area contributed by atoms with Gasteiger partial charge in [-0.15, -0.1) is 11.8 Å². The summed E-state index contributed by atoms with van der Waals surface area (Å²) in [5.41, 5.74) is 1.31. The molecule has 1 aromatic heterocycles. The quantitative estimate of drug-likeness (QED) is 0.215. The first kappa shape index (κ1) is 26.7. The van der Waals surface area contributed by atoms with Crippen LogP contribution < -0.4 is 4.74 Å². The number of carbonyl (C=O) groups is 1. The number of carboxylic acids is 1. The Balaban J connectivity index is 1.30. The first-order valence-electron chi connectivity index (χ1n) is 12.4. The molecule has 0 saturated carbocycles. The molecule has 8 heteroatoms. The molecule has 3 atom stereocenters. The van der Waals surface area contributed by atoms with Gasteiger partial charge in [-0.2, -0.15) is 0 Å². The normalized spacial score (nSPS) is 19.3. The number of benzene rings is 2. The molecule has 4 rings (SSSR count). The predicted octanol–water partition coefficient (Wildman–Crippen LogP) is 6.89. The Morgan fingerprint density at radius 3 is 2.92 bits per heavy atom. The van der Waals surface area contributed by atoms with Crippen molar-refractivity contribution in [1.29, 1.82) is 0 Å². The standard InChI is InChI=1S/C28H32ClFN2O3S/c1-35-20-8-10-26-22(17-20)21(11-13-31-26)25(30)9-7-19-12-15-32(18-23(19)28(33)34)14-4-16-36-27-6-3-2-5-24(27)29/h2-3,5-6,8,10-11,13,17,19,23,25H,4,7,9,12,14-16,18H2,1H3,(H,33,34)/t19-,23+,25+/m1/s1. The van der Waals surface area contributed by atoms with Gasteiger partial charge in [0.2, 0.25) is 0 Å². The van der Waals surface area contributed by atoms with Crippen molar-refractivity contribution in [2.45, 2.75) is 36.8 Å². The van der Waals surface area contributed by atoms with Gasteiger partial charge in [0.15, 0.2) is 0 Å². The van der Waals surface area contributed by atoms with E-state index >= 15 is 4.39 Å². The summed E-state index contributed by atoms with van der Waals surface area (Å²) in [5.74, 6) is 0.293. The maximum atomic E-state index is 15.4. The molecule has 0 aliphatic carbocycles. The molecule has 2 aromatic carbocycles. The minimum absolute atomic E-state index is 0.0304. The Bertz CT molecular complexity index is 1180. The van der Waals surface area contributed by atoms with Crippen molar-refractivity contribution in [2.75, 3.05) is 32.5 Å². The number of aliphatic carboxylic acids is 1. The fourth-order valence-electron chi connectivity index (χ4n) is 4.99. The lowest BCUT2D eigenvalue weighted by Gasteiger charge is -2.36. The molecule has 1 N–H and O–H groups in total. The van der Waals surface area contributed by atoms with E-state index in [0.717, 1.165) is 52.5 Å². The number of ether oxygens (including phenoxy) is 1. The highest BCUT2D eigenvalue weighted by Gasteiger charge is 2.34. The van der Waals surface area contributed by atoms with Crippen LogP contribution in [0.5, 0.6) is 5.75 Å². The van der Waals surface area contributed by atoms with Crippen LogP contribution in [-0.4, -0.2) is 53.5 Å². The molecule has 36 heavy (non-hydrogen) atoms. The van der Waals surface area contributed by atoms with Crippen molar-refractivity contribution in [1.82, 2.24) is 9.88 Å². The zero-order valence-corrected chi connectivity index (χ0v) is 22.0. The topological polar surface area (TPSA) is 62.7 Å². The molecular weight excluding hydrogens is 499 g/mol. The highest BCUT2D eigenvalue weighted by atomic mass is 35.5. The summed E-state index contributed by atoms with van der Waals surface area (Å²) in [6.45, 7) is 2.21. The van der Waals surface area contributed by atoms with E-state index in [1.807, 2.05) is 42.5 Å². The van der Waals surface area contributed by atoms with Gasteiger partial charge in [-0.05, 0) is 92.4 Å². The van der Waals surface area contributed by atoms with Crippen molar-refractivity contribution in [2.24, 2.45) is 11.8 Å². The Morgan fingerprint density at radius 1 is 1.31 bits per heavy atom. The minimum atomic E-state index is -1.18. The third kappa shape index (κ3) is 6.69. The molecule has 0 spiro atoms. The second-order valence-electron chi connectivity index (χ2n) is 9.25. The first-order chi connectivity index (χ1) is 17.5. The zero-order valence-electron chi connectivity index (χ0n) is 20.4. The number of rotatable bonds is 11. The number of methoxy groups -OCH3 is 1. The lowest BCUT2D eigenvalue weighted by molar-refractivity contribution is -0.146. The van der Waals surface area contributed by atoms with Gasteiger partial charge in [0.25, 0.3) is 0 Å². The van der Waals surface area contributed by atoms with Crippen LogP contribution in [0.15, 0.2) is 59.6 Å². The summed E-state index contributed by atoms with van der Waals surface area (Å²) in [5, 5.41) is 11.4. The summed E-state index contributed by atoms with van der Waals surface area (Å²) >= 11 is 7.95. The number of hydrogen-bond acceptors (Lipinski definition) is 5. The second kappa shape index (κ2) is 12.7.